The largest absolute Gasteiger partial charge is 0.464 e. The average molecular weight is 486 g/mol. The van der Waals surface area contributed by atoms with Gasteiger partial charge in [0, 0.05) is 0 Å². The molecule has 2 aliphatic rings. The molecular weight excluding hydrogens is 458 g/mol. The van der Waals surface area contributed by atoms with Crippen LogP contribution in [-0.2, 0) is 27.9 Å². The minimum absolute atomic E-state index is 0.132. The first kappa shape index (κ1) is 24.0. The first-order valence-corrected chi connectivity index (χ1v) is 12.0. The second-order valence-corrected chi connectivity index (χ2v) is 11.3. The third-order valence-electron chi connectivity index (χ3n) is 5.36. The van der Waals surface area contributed by atoms with Gasteiger partial charge in [-0.15, -0.1) is 0 Å². The lowest BCUT2D eigenvalue weighted by atomic mass is 9.93. The molecule has 3 N–H and O–H groups in total. The molecule has 2 saturated heterocycles. The molecular formula is C19H28FN6O6P. The summed E-state index contributed by atoms with van der Waals surface area (Å²) >= 11 is 0. The van der Waals surface area contributed by atoms with Crippen molar-refractivity contribution in [3.8, 4) is 0 Å². The molecule has 33 heavy (non-hydrogen) atoms. The number of nitrogens with one attached hydrogen (secondary N) is 1. The van der Waals surface area contributed by atoms with Crippen molar-refractivity contribution in [2.24, 2.45) is 5.41 Å². The maximum Gasteiger partial charge on any atom is 0.406 e. The second kappa shape index (κ2) is 8.24. The van der Waals surface area contributed by atoms with Crippen LogP contribution in [0.1, 0.15) is 46.4 Å². The number of imidazole rings is 1. The third kappa shape index (κ3) is 4.60. The third-order valence-corrected chi connectivity index (χ3v) is 7.05. The lowest BCUT2D eigenvalue weighted by Gasteiger charge is -2.35. The molecule has 4 heterocycles. The summed E-state index contributed by atoms with van der Waals surface area (Å²) in [4.78, 5) is 20.3. The van der Waals surface area contributed by atoms with E-state index in [4.69, 9.17) is 24.3 Å². The van der Waals surface area contributed by atoms with Gasteiger partial charge in [-0.2, -0.15) is 5.10 Å². The summed E-state index contributed by atoms with van der Waals surface area (Å²) in [5, 5.41) is 6.61. The Hall–Kier alpha value is -2.18. The predicted octanol–water partition coefficient (Wildman–Crippen LogP) is 1.97. The minimum atomic E-state index is -4.04. The van der Waals surface area contributed by atoms with Crippen LogP contribution < -0.4 is 10.8 Å². The Labute approximate surface area is 189 Å². The fraction of sp³-hybridized carbons (Fsp3) is 0.684. The number of hydrogen-bond acceptors (Lipinski definition) is 10. The molecule has 12 nitrogen and oxygen atoms in total. The zero-order valence-corrected chi connectivity index (χ0v) is 19.9. The molecule has 0 amide bonds. The number of rotatable bonds is 5. The number of aromatic nitrogens is 4. The van der Waals surface area contributed by atoms with Crippen LogP contribution in [0.15, 0.2) is 12.5 Å². The highest BCUT2D eigenvalue weighted by atomic mass is 31.2. The van der Waals surface area contributed by atoms with E-state index in [9.17, 15) is 9.36 Å². The van der Waals surface area contributed by atoms with Crippen LogP contribution >= 0.6 is 7.75 Å². The summed E-state index contributed by atoms with van der Waals surface area (Å²) in [6.07, 6.45) is -0.616. The van der Waals surface area contributed by atoms with Gasteiger partial charge < -0.3 is 15.2 Å². The molecule has 182 valence electrons. The van der Waals surface area contributed by atoms with Crippen LogP contribution in [0.3, 0.4) is 0 Å². The molecule has 0 aromatic carbocycles. The number of nitrogen functional groups attached to an aromatic ring is 1. The summed E-state index contributed by atoms with van der Waals surface area (Å²) in [5.74, 6) is -0.492. The van der Waals surface area contributed by atoms with Crippen molar-refractivity contribution in [1.82, 2.24) is 24.7 Å². The van der Waals surface area contributed by atoms with Crippen LogP contribution in [0, 0.1) is 5.41 Å². The summed E-state index contributed by atoms with van der Waals surface area (Å²) in [6.45, 7) is 8.46. The highest BCUT2D eigenvalue weighted by Crippen LogP contribution is 2.57. The molecule has 0 spiro atoms. The molecule has 2 aliphatic heterocycles. The number of nitrogens with two attached hydrogens (primary N) is 1. The topological polar surface area (TPSA) is 152 Å². The number of alkyl halides is 1. The SMILES string of the molecule is CC(NP1(=O)OCC2OC(c3cnc4c(N)ncnn34)C(C)(F)C2O1)C(=O)OCC(C)(C)C. The maximum absolute atomic E-state index is 16.0. The van der Waals surface area contributed by atoms with Gasteiger partial charge in [-0.25, -0.2) is 28.5 Å². The molecule has 6 unspecified atom stereocenters. The lowest BCUT2D eigenvalue weighted by molar-refractivity contribution is -0.148. The number of hydrogen-bond donors (Lipinski definition) is 2. The molecule has 6 atom stereocenters. The molecule has 0 bridgehead atoms. The molecule has 0 saturated carbocycles. The van der Waals surface area contributed by atoms with E-state index in [0.29, 0.717) is 5.69 Å². The molecule has 2 aromatic rings. The Kier molecular flexibility index (Phi) is 5.98. The minimum Gasteiger partial charge on any atom is -0.464 e. The number of esters is 1. The van der Waals surface area contributed by atoms with Crippen molar-refractivity contribution in [2.75, 3.05) is 18.9 Å². The number of carbonyl (C=O) groups is 1. The molecule has 0 radical (unpaired) electrons. The number of halogens is 1. The number of anilines is 1. The van der Waals surface area contributed by atoms with Crippen molar-refractivity contribution in [2.45, 2.75) is 64.6 Å². The average Bonchev–Trinajstić information content (AvgIpc) is 3.25. The van der Waals surface area contributed by atoms with Gasteiger partial charge in [0.15, 0.2) is 17.1 Å². The van der Waals surface area contributed by atoms with E-state index in [0.717, 1.165) is 0 Å². The summed E-state index contributed by atoms with van der Waals surface area (Å²) in [6, 6.07) is -1.00. The number of nitrogens with zero attached hydrogens (tertiary/aromatic N) is 4. The Bertz CT molecular complexity index is 1100. The fourth-order valence-electron chi connectivity index (χ4n) is 3.70. The highest BCUT2D eigenvalue weighted by molar-refractivity contribution is 7.51. The number of fused-ring (bicyclic) bond motifs is 2. The molecule has 14 heteroatoms. The predicted molar refractivity (Wildman–Crippen MR) is 114 cm³/mol. The Morgan fingerprint density at radius 3 is 2.91 bits per heavy atom. The van der Waals surface area contributed by atoms with Gasteiger partial charge in [0.1, 0.15) is 30.7 Å². The van der Waals surface area contributed by atoms with Crippen LogP contribution in [-0.4, -0.2) is 62.7 Å². The van der Waals surface area contributed by atoms with Gasteiger partial charge in [0.2, 0.25) is 0 Å². The van der Waals surface area contributed by atoms with Gasteiger partial charge in [0.05, 0.1) is 25.1 Å². The zero-order valence-electron chi connectivity index (χ0n) is 19.0. The number of ether oxygens (including phenoxy) is 2. The van der Waals surface area contributed by atoms with Crippen molar-refractivity contribution in [3.05, 3.63) is 18.2 Å². The lowest BCUT2D eigenvalue weighted by Crippen LogP contribution is -2.47. The van der Waals surface area contributed by atoms with Crippen LogP contribution in [0.4, 0.5) is 10.2 Å². The second-order valence-electron chi connectivity index (χ2n) is 9.61. The summed E-state index contributed by atoms with van der Waals surface area (Å²) in [7, 11) is -4.04. The van der Waals surface area contributed by atoms with Crippen molar-refractivity contribution in [3.63, 3.8) is 0 Å². The Morgan fingerprint density at radius 1 is 1.48 bits per heavy atom. The zero-order chi connectivity index (χ0) is 24.2. The van der Waals surface area contributed by atoms with Crippen LogP contribution in [0.2, 0.25) is 0 Å². The Morgan fingerprint density at radius 2 is 2.21 bits per heavy atom. The van der Waals surface area contributed by atoms with E-state index in [-0.39, 0.29) is 30.1 Å². The first-order chi connectivity index (χ1) is 15.3. The van der Waals surface area contributed by atoms with Gasteiger partial charge >= 0.3 is 13.7 Å². The summed E-state index contributed by atoms with van der Waals surface area (Å²) in [5.41, 5.74) is 4.00. The fourth-order valence-corrected chi connectivity index (χ4v) is 5.46. The van der Waals surface area contributed by atoms with Gasteiger partial charge in [-0.05, 0) is 19.3 Å². The van der Waals surface area contributed by atoms with E-state index in [1.54, 1.807) is 0 Å². The van der Waals surface area contributed by atoms with E-state index in [2.05, 4.69) is 20.2 Å². The molecule has 2 fully saturated rings. The van der Waals surface area contributed by atoms with E-state index in [1.807, 2.05) is 20.8 Å². The summed E-state index contributed by atoms with van der Waals surface area (Å²) < 4.78 is 52.6. The van der Waals surface area contributed by atoms with Crippen molar-refractivity contribution < 1.29 is 32.3 Å². The Balaban J connectivity index is 1.50. The normalized spacial score (nSPS) is 33.1. The quantitative estimate of drug-likeness (QED) is 0.471. The van der Waals surface area contributed by atoms with Crippen LogP contribution in [0.5, 0.6) is 0 Å². The number of carbonyl (C=O) groups excluding carboxylic acids is 1. The van der Waals surface area contributed by atoms with Crippen LogP contribution in [0.25, 0.3) is 5.65 Å². The maximum atomic E-state index is 16.0. The van der Waals surface area contributed by atoms with Gasteiger partial charge in [-0.1, -0.05) is 20.8 Å². The van der Waals surface area contributed by atoms with Gasteiger partial charge in [-0.3, -0.25) is 13.8 Å². The smallest absolute Gasteiger partial charge is 0.406 e. The molecule has 0 aliphatic carbocycles. The highest BCUT2D eigenvalue weighted by Gasteiger charge is 2.61. The van der Waals surface area contributed by atoms with E-state index >= 15 is 4.39 Å². The monoisotopic (exact) mass is 486 g/mol. The first-order valence-electron chi connectivity index (χ1n) is 10.5. The van der Waals surface area contributed by atoms with E-state index in [1.165, 1.54) is 30.9 Å². The van der Waals surface area contributed by atoms with Gasteiger partial charge in [0.25, 0.3) is 0 Å². The molecule has 4 rings (SSSR count). The van der Waals surface area contributed by atoms with E-state index < -0.39 is 43.7 Å². The molecule has 2 aromatic heterocycles. The standard InChI is InChI=1S/C19H28FN6O6P/c1-10(17(27)29-8-18(2,3)4)25-33(28)30-7-12-14(32-33)19(5,20)13(31-12)11-6-22-16-15(21)23-9-24-26(11)16/h6,9-10,12-14H,7-8H2,1-5H3,(H,25,28)(H2,21,23,24). The van der Waals surface area contributed by atoms with Crippen molar-refractivity contribution in [1.29, 1.82) is 0 Å². The van der Waals surface area contributed by atoms with Crippen molar-refractivity contribution >= 4 is 25.2 Å².